The highest BCUT2D eigenvalue weighted by molar-refractivity contribution is 9.10. The molecule has 0 bridgehead atoms. The Bertz CT molecular complexity index is 1140. The molecular formula is C24H19BrN2O4. The number of hydroxylamine groups is 1. The Morgan fingerprint density at radius 2 is 1.61 bits per heavy atom. The molecule has 0 aliphatic carbocycles. The summed E-state index contributed by atoms with van der Waals surface area (Å²) in [5.74, 6) is -0.646. The summed E-state index contributed by atoms with van der Waals surface area (Å²) in [5.41, 5.74) is 2.19. The first-order chi connectivity index (χ1) is 15.1. The largest absolute Gasteiger partial charge is 0.497 e. The van der Waals surface area contributed by atoms with Crippen molar-refractivity contribution in [3.05, 3.63) is 88.9 Å². The van der Waals surface area contributed by atoms with Gasteiger partial charge in [-0.25, -0.2) is 9.96 Å². The average molecular weight is 479 g/mol. The SMILES string of the molecule is COc1ccc(N2C(=O)[C@@H]3[C@H](ON(c4ccccc4)[C@H]3c3cccc(Br)c3)C2=O)cc1. The van der Waals surface area contributed by atoms with Crippen molar-refractivity contribution >= 4 is 39.1 Å². The maximum atomic E-state index is 13.6. The Morgan fingerprint density at radius 3 is 2.29 bits per heavy atom. The summed E-state index contributed by atoms with van der Waals surface area (Å²) in [6, 6.07) is 23.7. The molecule has 0 saturated carbocycles. The zero-order valence-corrected chi connectivity index (χ0v) is 18.2. The van der Waals surface area contributed by atoms with Gasteiger partial charge in [0.1, 0.15) is 11.7 Å². The fourth-order valence-corrected chi connectivity index (χ4v) is 4.65. The van der Waals surface area contributed by atoms with E-state index in [0.717, 1.165) is 15.7 Å². The van der Waals surface area contributed by atoms with E-state index >= 15 is 0 Å². The molecule has 3 aromatic carbocycles. The minimum absolute atomic E-state index is 0.274. The molecule has 3 aromatic rings. The van der Waals surface area contributed by atoms with E-state index in [1.165, 1.54) is 4.90 Å². The van der Waals surface area contributed by atoms with Crippen molar-refractivity contribution in [2.24, 2.45) is 5.92 Å². The van der Waals surface area contributed by atoms with Crippen LogP contribution in [0.25, 0.3) is 0 Å². The molecule has 5 rings (SSSR count). The van der Waals surface area contributed by atoms with Crippen LogP contribution in [0, 0.1) is 5.92 Å². The van der Waals surface area contributed by atoms with E-state index in [9.17, 15) is 9.59 Å². The van der Waals surface area contributed by atoms with Crippen molar-refractivity contribution in [2.75, 3.05) is 17.1 Å². The summed E-state index contributed by atoms with van der Waals surface area (Å²) in [6.45, 7) is 0. The number of fused-ring (bicyclic) bond motifs is 1. The minimum Gasteiger partial charge on any atom is -0.497 e. The second-order valence-electron chi connectivity index (χ2n) is 7.42. The summed E-state index contributed by atoms with van der Waals surface area (Å²) in [6.07, 6.45) is -0.890. The maximum absolute atomic E-state index is 13.6. The van der Waals surface area contributed by atoms with Crippen LogP contribution >= 0.6 is 15.9 Å². The molecule has 31 heavy (non-hydrogen) atoms. The summed E-state index contributed by atoms with van der Waals surface area (Å²) in [5, 5.41) is 1.69. The van der Waals surface area contributed by atoms with E-state index in [4.69, 9.17) is 9.57 Å². The number of hydrogen-bond donors (Lipinski definition) is 0. The van der Waals surface area contributed by atoms with Gasteiger partial charge in [-0.1, -0.05) is 46.3 Å². The molecule has 0 unspecified atom stereocenters. The third kappa shape index (κ3) is 3.30. The van der Waals surface area contributed by atoms with Gasteiger partial charge in [0.15, 0.2) is 6.10 Å². The van der Waals surface area contributed by atoms with E-state index in [2.05, 4.69) is 15.9 Å². The number of halogens is 1. The van der Waals surface area contributed by atoms with Gasteiger partial charge < -0.3 is 4.74 Å². The Labute approximate surface area is 188 Å². The first kappa shape index (κ1) is 19.8. The highest BCUT2D eigenvalue weighted by atomic mass is 79.9. The van der Waals surface area contributed by atoms with Crippen molar-refractivity contribution < 1.29 is 19.2 Å². The first-order valence-corrected chi connectivity index (χ1v) is 10.7. The molecule has 0 aromatic heterocycles. The molecule has 2 aliphatic heterocycles. The summed E-state index contributed by atoms with van der Waals surface area (Å²) < 4.78 is 6.08. The number of anilines is 2. The van der Waals surface area contributed by atoms with Crippen LogP contribution in [0.5, 0.6) is 5.75 Å². The number of amides is 2. The van der Waals surface area contributed by atoms with Crippen molar-refractivity contribution in [1.29, 1.82) is 0 Å². The number of methoxy groups -OCH3 is 1. The average Bonchev–Trinajstić information content (AvgIpc) is 3.31. The minimum atomic E-state index is -0.890. The molecule has 2 saturated heterocycles. The maximum Gasteiger partial charge on any atom is 0.266 e. The van der Waals surface area contributed by atoms with Gasteiger partial charge in [-0.05, 0) is 54.1 Å². The molecule has 2 aliphatic rings. The quantitative estimate of drug-likeness (QED) is 0.516. The van der Waals surface area contributed by atoms with Crippen molar-refractivity contribution in [3.8, 4) is 5.75 Å². The molecule has 2 fully saturated rings. The number of para-hydroxylation sites is 1. The van der Waals surface area contributed by atoms with Crippen molar-refractivity contribution in [1.82, 2.24) is 0 Å². The predicted octanol–water partition coefficient (Wildman–Crippen LogP) is 4.51. The third-order valence-electron chi connectivity index (χ3n) is 5.65. The zero-order valence-electron chi connectivity index (χ0n) is 16.6. The topological polar surface area (TPSA) is 59.1 Å². The van der Waals surface area contributed by atoms with E-state index in [-0.39, 0.29) is 11.8 Å². The molecule has 6 nitrogen and oxygen atoms in total. The van der Waals surface area contributed by atoms with Crippen LogP contribution in [0.15, 0.2) is 83.3 Å². The van der Waals surface area contributed by atoms with Crippen LogP contribution in [-0.4, -0.2) is 25.0 Å². The normalized spacial score (nSPS) is 22.7. The Kier molecular flexibility index (Phi) is 5.00. The highest BCUT2D eigenvalue weighted by Crippen LogP contribution is 2.47. The molecule has 2 amide bonds. The van der Waals surface area contributed by atoms with Gasteiger partial charge in [0.25, 0.3) is 5.91 Å². The molecule has 3 atom stereocenters. The number of imide groups is 1. The molecule has 156 valence electrons. The monoisotopic (exact) mass is 478 g/mol. The van der Waals surface area contributed by atoms with Crippen LogP contribution in [0.1, 0.15) is 11.6 Å². The highest BCUT2D eigenvalue weighted by Gasteiger charge is 2.60. The molecule has 7 heteroatoms. The van der Waals surface area contributed by atoms with E-state index in [1.807, 2.05) is 54.6 Å². The van der Waals surface area contributed by atoms with Crippen molar-refractivity contribution in [2.45, 2.75) is 12.1 Å². The fourth-order valence-electron chi connectivity index (χ4n) is 4.23. The van der Waals surface area contributed by atoms with Crippen LogP contribution < -0.4 is 14.7 Å². The van der Waals surface area contributed by atoms with Crippen molar-refractivity contribution in [3.63, 3.8) is 0 Å². The number of hydrogen-bond acceptors (Lipinski definition) is 5. The van der Waals surface area contributed by atoms with Gasteiger partial charge in [-0.15, -0.1) is 0 Å². The lowest BCUT2D eigenvalue weighted by molar-refractivity contribution is -0.126. The van der Waals surface area contributed by atoms with Crippen LogP contribution in [0.3, 0.4) is 0 Å². The second-order valence-corrected chi connectivity index (χ2v) is 8.34. The molecule has 2 heterocycles. The molecular weight excluding hydrogens is 460 g/mol. The summed E-state index contributed by atoms with van der Waals surface area (Å²) in [4.78, 5) is 34.2. The molecule has 0 radical (unpaired) electrons. The lowest BCUT2D eigenvalue weighted by Gasteiger charge is -2.28. The number of rotatable bonds is 4. The lowest BCUT2D eigenvalue weighted by atomic mass is 9.90. The van der Waals surface area contributed by atoms with Crippen LogP contribution in [0.2, 0.25) is 0 Å². The number of benzene rings is 3. The van der Waals surface area contributed by atoms with Gasteiger partial charge in [-0.2, -0.15) is 0 Å². The molecule has 0 N–H and O–H groups in total. The van der Waals surface area contributed by atoms with Crippen LogP contribution in [-0.2, 0) is 14.4 Å². The standard InChI is InChI=1S/C24H19BrN2O4/c1-30-19-12-10-17(11-13-19)26-23(28)20-21(15-6-5-7-16(25)14-15)27(31-22(20)24(26)29)18-8-3-2-4-9-18/h2-14,20-22H,1H3/t20-,21-,22-/m0/s1. The van der Waals surface area contributed by atoms with Crippen LogP contribution in [0.4, 0.5) is 11.4 Å². The lowest BCUT2D eigenvalue weighted by Crippen LogP contribution is -2.37. The van der Waals surface area contributed by atoms with Gasteiger partial charge in [0.2, 0.25) is 5.91 Å². The van der Waals surface area contributed by atoms with Gasteiger partial charge in [-0.3, -0.25) is 14.4 Å². The van der Waals surface area contributed by atoms with E-state index in [1.54, 1.807) is 36.4 Å². The number of carbonyl (C=O) groups excluding carboxylic acids is 2. The van der Waals surface area contributed by atoms with E-state index in [0.29, 0.717) is 11.4 Å². The zero-order chi connectivity index (χ0) is 21.5. The Hall–Kier alpha value is -3.16. The third-order valence-corrected chi connectivity index (χ3v) is 6.14. The fraction of sp³-hybridized carbons (Fsp3) is 0.167. The Morgan fingerprint density at radius 1 is 0.871 bits per heavy atom. The number of nitrogens with zero attached hydrogens (tertiary/aromatic N) is 2. The predicted molar refractivity (Wildman–Crippen MR) is 120 cm³/mol. The summed E-state index contributed by atoms with van der Waals surface area (Å²) in [7, 11) is 1.57. The molecule has 0 spiro atoms. The number of carbonyl (C=O) groups is 2. The van der Waals surface area contributed by atoms with E-state index < -0.39 is 18.1 Å². The first-order valence-electron chi connectivity index (χ1n) is 9.87. The second kappa shape index (κ2) is 7.83. The van der Waals surface area contributed by atoms with Gasteiger partial charge in [0, 0.05) is 4.47 Å². The number of ether oxygens (including phenoxy) is 1. The summed E-state index contributed by atoms with van der Waals surface area (Å²) >= 11 is 3.51. The van der Waals surface area contributed by atoms with Gasteiger partial charge >= 0.3 is 0 Å². The smallest absolute Gasteiger partial charge is 0.266 e. The van der Waals surface area contributed by atoms with Gasteiger partial charge in [0.05, 0.1) is 24.5 Å². The Balaban J connectivity index is 1.57.